The molecule has 1 aromatic carbocycles. The summed E-state index contributed by atoms with van der Waals surface area (Å²) >= 11 is 1.14. The Bertz CT molecular complexity index is 995. The second-order valence-electron chi connectivity index (χ2n) is 5.61. The SMILES string of the molecule is CCNc1nc(NCC)n2c(SCC(=O)c3ccc(OC)cc3F)nnc2n1. The Hall–Kier alpha value is -2.95. The number of aromatic nitrogens is 5. The highest BCUT2D eigenvalue weighted by Crippen LogP contribution is 2.23. The molecule has 148 valence electrons. The molecule has 11 heteroatoms. The standard InChI is InChI=1S/C17H20FN7O2S/c1-4-19-14-21-15(20-5-2)25-16(22-14)23-24-17(25)28-9-13(26)11-7-6-10(27-3)8-12(11)18/h6-8H,4-5,9H2,1-3H3,(H2,19,20,21,22,23). The van der Waals surface area contributed by atoms with Gasteiger partial charge in [0.2, 0.25) is 11.9 Å². The molecule has 3 aromatic rings. The van der Waals surface area contributed by atoms with Crippen LogP contribution in [0, 0.1) is 5.82 Å². The number of rotatable bonds is 9. The van der Waals surface area contributed by atoms with Gasteiger partial charge in [0.1, 0.15) is 11.6 Å². The zero-order valence-corrected chi connectivity index (χ0v) is 16.5. The molecule has 0 saturated carbocycles. The van der Waals surface area contributed by atoms with E-state index in [1.54, 1.807) is 10.5 Å². The molecule has 0 aliphatic carbocycles. The second-order valence-corrected chi connectivity index (χ2v) is 6.55. The lowest BCUT2D eigenvalue weighted by molar-refractivity contribution is 0.101. The van der Waals surface area contributed by atoms with Crippen molar-refractivity contribution in [2.75, 3.05) is 36.6 Å². The fourth-order valence-corrected chi connectivity index (χ4v) is 3.27. The number of benzene rings is 1. The van der Waals surface area contributed by atoms with E-state index >= 15 is 0 Å². The van der Waals surface area contributed by atoms with E-state index in [-0.39, 0.29) is 17.1 Å². The number of nitrogens with zero attached hydrogens (tertiary/aromatic N) is 5. The van der Waals surface area contributed by atoms with E-state index in [2.05, 4.69) is 30.8 Å². The van der Waals surface area contributed by atoms with E-state index in [1.807, 2.05) is 13.8 Å². The number of methoxy groups -OCH3 is 1. The number of carbonyl (C=O) groups excluding carboxylic acids is 1. The van der Waals surface area contributed by atoms with Crippen molar-refractivity contribution in [2.24, 2.45) is 0 Å². The lowest BCUT2D eigenvalue weighted by Crippen LogP contribution is -2.12. The molecule has 28 heavy (non-hydrogen) atoms. The van der Waals surface area contributed by atoms with Gasteiger partial charge in [-0.3, -0.25) is 4.79 Å². The number of ether oxygens (including phenoxy) is 1. The summed E-state index contributed by atoms with van der Waals surface area (Å²) in [5, 5.41) is 14.8. The molecule has 2 aromatic heterocycles. The third kappa shape index (κ3) is 4.14. The Morgan fingerprint density at radius 1 is 1.21 bits per heavy atom. The van der Waals surface area contributed by atoms with Crippen LogP contribution in [0.15, 0.2) is 23.4 Å². The molecule has 0 amide bonds. The molecule has 0 unspecified atom stereocenters. The number of thioether (sulfide) groups is 1. The maximum atomic E-state index is 14.1. The average molecular weight is 405 g/mol. The molecule has 2 heterocycles. The van der Waals surface area contributed by atoms with Crippen LogP contribution in [0.1, 0.15) is 24.2 Å². The second kappa shape index (κ2) is 8.83. The largest absolute Gasteiger partial charge is 0.497 e. The van der Waals surface area contributed by atoms with Crippen LogP contribution in [0.25, 0.3) is 5.78 Å². The van der Waals surface area contributed by atoms with Gasteiger partial charge in [0.25, 0.3) is 5.78 Å². The fraction of sp³-hybridized carbons (Fsp3) is 0.353. The first-order valence-electron chi connectivity index (χ1n) is 8.67. The summed E-state index contributed by atoms with van der Waals surface area (Å²) in [6, 6.07) is 4.14. The van der Waals surface area contributed by atoms with Gasteiger partial charge >= 0.3 is 0 Å². The number of hydrogen-bond donors (Lipinski definition) is 2. The van der Waals surface area contributed by atoms with Crippen molar-refractivity contribution < 1.29 is 13.9 Å². The molecule has 3 rings (SSSR count). The summed E-state index contributed by atoms with van der Waals surface area (Å²) in [5.41, 5.74) is -0.000269. The summed E-state index contributed by atoms with van der Waals surface area (Å²) in [6.07, 6.45) is 0. The number of Topliss-reactive ketones (excluding diaryl/α,β-unsaturated/α-hetero) is 1. The molecule has 9 nitrogen and oxygen atoms in total. The lowest BCUT2D eigenvalue weighted by Gasteiger charge is -2.09. The van der Waals surface area contributed by atoms with Gasteiger partial charge in [-0.25, -0.2) is 8.79 Å². The van der Waals surface area contributed by atoms with E-state index in [4.69, 9.17) is 4.74 Å². The summed E-state index contributed by atoms with van der Waals surface area (Å²) in [6.45, 7) is 5.18. The molecule has 0 spiro atoms. The molecule has 0 radical (unpaired) electrons. The van der Waals surface area contributed by atoms with Crippen molar-refractivity contribution in [3.8, 4) is 5.75 Å². The van der Waals surface area contributed by atoms with E-state index in [0.717, 1.165) is 11.8 Å². The molecule has 0 saturated heterocycles. The Labute approximate surface area is 165 Å². The first-order chi connectivity index (χ1) is 13.6. The third-order valence-electron chi connectivity index (χ3n) is 3.72. The van der Waals surface area contributed by atoms with Crippen LogP contribution < -0.4 is 15.4 Å². The van der Waals surface area contributed by atoms with E-state index in [0.29, 0.717) is 41.7 Å². The van der Waals surface area contributed by atoms with Crippen LogP contribution >= 0.6 is 11.8 Å². The van der Waals surface area contributed by atoms with Crippen LogP contribution in [-0.4, -0.2) is 56.3 Å². The van der Waals surface area contributed by atoms with Gasteiger partial charge < -0.3 is 15.4 Å². The van der Waals surface area contributed by atoms with Crippen molar-refractivity contribution >= 4 is 35.2 Å². The van der Waals surface area contributed by atoms with Gasteiger partial charge in [0.05, 0.1) is 18.4 Å². The molecule has 0 aliphatic rings. The molecule has 0 atom stereocenters. The summed E-state index contributed by atoms with van der Waals surface area (Å²) in [7, 11) is 1.44. The lowest BCUT2D eigenvalue weighted by atomic mass is 10.1. The molecule has 0 bridgehead atoms. The fourth-order valence-electron chi connectivity index (χ4n) is 2.45. The maximum Gasteiger partial charge on any atom is 0.261 e. The number of anilines is 2. The van der Waals surface area contributed by atoms with Gasteiger partial charge in [-0.2, -0.15) is 9.97 Å². The van der Waals surface area contributed by atoms with Gasteiger partial charge in [-0.05, 0) is 26.0 Å². The van der Waals surface area contributed by atoms with E-state index in [1.165, 1.54) is 19.2 Å². The van der Waals surface area contributed by atoms with Crippen LogP contribution in [-0.2, 0) is 0 Å². The maximum absolute atomic E-state index is 14.1. The topological polar surface area (TPSA) is 106 Å². The predicted octanol–water partition coefficient (Wildman–Crippen LogP) is 2.51. The zero-order chi connectivity index (χ0) is 20.1. The van der Waals surface area contributed by atoms with Crippen LogP contribution in [0.4, 0.5) is 16.3 Å². The highest BCUT2D eigenvalue weighted by Gasteiger charge is 2.18. The minimum Gasteiger partial charge on any atom is -0.497 e. The van der Waals surface area contributed by atoms with Crippen molar-refractivity contribution in [3.63, 3.8) is 0 Å². The number of carbonyl (C=O) groups is 1. The minimum absolute atomic E-state index is 0.000269. The highest BCUT2D eigenvalue weighted by molar-refractivity contribution is 7.99. The quantitative estimate of drug-likeness (QED) is 0.410. The average Bonchev–Trinajstić information content (AvgIpc) is 3.09. The molecule has 0 fully saturated rings. The van der Waals surface area contributed by atoms with E-state index in [9.17, 15) is 9.18 Å². The zero-order valence-electron chi connectivity index (χ0n) is 15.7. The van der Waals surface area contributed by atoms with Crippen LogP contribution in [0.5, 0.6) is 5.75 Å². The van der Waals surface area contributed by atoms with Crippen molar-refractivity contribution in [2.45, 2.75) is 19.0 Å². The van der Waals surface area contributed by atoms with Gasteiger partial charge in [-0.15, -0.1) is 10.2 Å². The Morgan fingerprint density at radius 3 is 2.68 bits per heavy atom. The Kier molecular flexibility index (Phi) is 6.24. The highest BCUT2D eigenvalue weighted by atomic mass is 32.2. The molecular weight excluding hydrogens is 385 g/mol. The Morgan fingerprint density at radius 2 is 2.00 bits per heavy atom. The minimum atomic E-state index is -0.622. The number of nitrogens with one attached hydrogen (secondary N) is 2. The number of fused-ring (bicyclic) bond motifs is 1. The van der Waals surface area contributed by atoms with Gasteiger partial charge in [-0.1, -0.05) is 11.8 Å². The molecule has 2 N–H and O–H groups in total. The number of ketones is 1. The smallest absolute Gasteiger partial charge is 0.261 e. The number of hydrogen-bond acceptors (Lipinski definition) is 9. The first-order valence-corrected chi connectivity index (χ1v) is 9.66. The monoisotopic (exact) mass is 405 g/mol. The van der Waals surface area contributed by atoms with Crippen molar-refractivity contribution in [3.05, 3.63) is 29.6 Å². The molecule has 0 aliphatic heterocycles. The predicted molar refractivity (Wildman–Crippen MR) is 105 cm³/mol. The summed E-state index contributed by atoms with van der Waals surface area (Å²) < 4.78 is 20.7. The van der Waals surface area contributed by atoms with Crippen LogP contribution in [0.2, 0.25) is 0 Å². The van der Waals surface area contributed by atoms with Gasteiger partial charge in [0.15, 0.2) is 10.9 Å². The summed E-state index contributed by atoms with van der Waals surface area (Å²) in [4.78, 5) is 21.1. The van der Waals surface area contributed by atoms with Gasteiger partial charge in [0, 0.05) is 19.2 Å². The van der Waals surface area contributed by atoms with Crippen molar-refractivity contribution in [1.29, 1.82) is 0 Å². The van der Waals surface area contributed by atoms with Crippen LogP contribution in [0.3, 0.4) is 0 Å². The van der Waals surface area contributed by atoms with Crippen molar-refractivity contribution in [1.82, 2.24) is 24.6 Å². The molecular formula is C17H20FN7O2S. The Balaban J connectivity index is 1.83. The number of halogens is 1. The normalized spacial score (nSPS) is 10.9. The third-order valence-corrected chi connectivity index (χ3v) is 4.65. The first kappa shape index (κ1) is 19.8. The summed E-state index contributed by atoms with van der Waals surface area (Å²) in [5.74, 6) is 0.664. The van der Waals surface area contributed by atoms with E-state index < -0.39 is 5.82 Å².